The van der Waals surface area contributed by atoms with Gasteiger partial charge in [-0.1, -0.05) is 61.6 Å². The normalized spacial score (nSPS) is 14.6. The van der Waals surface area contributed by atoms with Crippen molar-refractivity contribution in [3.05, 3.63) is 135 Å². The summed E-state index contributed by atoms with van der Waals surface area (Å²) < 4.78 is 12.9. The van der Waals surface area contributed by atoms with E-state index >= 15 is 0 Å². The van der Waals surface area contributed by atoms with Gasteiger partial charge in [0, 0.05) is 6.07 Å². The van der Waals surface area contributed by atoms with E-state index in [1.54, 1.807) is 44.2 Å². The Morgan fingerprint density at radius 2 is 1.80 bits per heavy atom. The molecule has 13 heteroatoms. The van der Waals surface area contributed by atoms with Crippen LogP contribution in [-0.2, 0) is 9.53 Å². The van der Waals surface area contributed by atoms with Crippen molar-refractivity contribution in [2.45, 2.75) is 39.7 Å². The van der Waals surface area contributed by atoms with Crippen LogP contribution < -0.4 is 19.6 Å². The highest BCUT2D eigenvalue weighted by Gasteiger charge is 2.33. The minimum atomic E-state index is -0.758. The number of benzene rings is 3. The Morgan fingerprint density at radius 1 is 1.07 bits per heavy atom. The average molecular weight is 629 g/mol. The lowest BCUT2D eigenvalue weighted by Crippen LogP contribution is -2.39. The van der Waals surface area contributed by atoms with Crippen molar-refractivity contribution < 1.29 is 24.1 Å². The molecule has 0 saturated carbocycles. The Bertz CT molecular complexity index is 2040. The quantitative estimate of drug-likeness (QED) is 0.133. The van der Waals surface area contributed by atoms with Crippen molar-refractivity contribution in [2.24, 2.45) is 4.99 Å². The van der Waals surface area contributed by atoms with E-state index in [0.29, 0.717) is 26.5 Å². The summed E-state index contributed by atoms with van der Waals surface area (Å²) in [6.07, 6.45) is 1.64. The van der Waals surface area contributed by atoms with Crippen LogP contribution in [0.5, 0.6) is 11.5 Å². The number of hydrogen-bond acceptors (Lipinski definition) is 10. The molecule has 1 aliphatic rings. The molecule has 0 saturated heterocycles. The second-order valence-corrected chi connectivity index (χ2v) is 11.5. The number of allylic oxidation sites excluding steroid dienone is 1. The number of non-ortho nitro benzene ring substituents is 1. The maximum Gasteiger partial charge on any atom is 0.338 e. The number of nitro benzene ring substituents is 2. The first-order chi connectivity index (χ1) is 21.5. The fourth-order valence-corrected chi connectivity index (χ4v) is 6.01. The van der Waals surface area contributed by atoms with Gasteiger partial charge in [0.05, 0.1) is 44.4 Å². The van der Waals surface area contributed by atoms with Gasteiger partial charge in [-0.3, -0.25) is 29.6 Å². The second-order valence-electron chi connectivity index (χ2n) is 10.5. The third kappa shape index (κ3) is 6.29. The summed E-state index contributed by atoms with van der Waals surface area (Å²) in [5.74, 6) is -0.199. The number of carbonyl (C=O) groups excluding carboxylic acids is 1. The van der Waals surface area contributed by atoms with Crippen LogP contribution in [0.4, 0.5) is 11.4 Å². The number of esters is 1. The number of rotatable bonds is 9. The van der Waals surface area contributed by atoms with Gasteiger partial charge in [-0.2, -0.15) is 0 Å². The van der Waals surface area contributed by atoms with Crippen LogP contribution in [0.2, 0.25) is 0 Å². The molecule has 4 aromatic rings. The third-order valence-corrected chi connectivity index (χ3v) is 8.15. The van der Waals surface area contributed by atoms with Crippen molar-refractivity contribution in [1.29, 1.82) is 0 Å². The first-order valence-electron chi connectivity index (χ1n) is 14.0. The predicted molar refractivity (Wildman–Crippen MR) is 167 cm³/mol. The number of thiazole rings is 1. The first kappa shape index (κ1) is 31.0. The molecule has 1 aromatic heterocycles. The van der Waals surface area contributed by atoms with Gasteiger partial charge in [-0.15, -0.1) is 0 Å². The number of nitrogens with zero attached hydrogens (tertiary/aromatic N) is 4. The molecule has 1 aliphatic heterocycles. The molecule has 2 heterocycles. The van der Waals surface area contributed by atoms with Gasteiger partial charge in [-0.05, 0) is 60.7 Å². The maximum absolute atomic E-state index is 13.9. The van der Waals surface area contributed by atoms with E-state index in [1.165, 1.54) is 4.57 Å². The van der Waals surface area contributed by atoms with Gasteiger partial charge >= 0.3 is 11.7 Å². The minimum absolute atomic E-state index is 0.167. The number of nitro groups is 2. The monoisotopic (exact) mass is 628 g/mol. The zero-order valence-corrected chi connectivity index (χ0v) is 25.6. The smallest absolute Gasteiger partial charge is 0.338 e. The molecule has 0 unspecified atom stereocenters. The Labute approximate surface area is 260 Å². The molecule has 0 radical (unpaired) electrons. The van der Waals surface area contributed by atoms with E-state index in [2.05, 4.69) is 18.8 Å². The maximum atomic E-state index is 13.9. The molecule has 0 aliphatic carbocycles. The molecule has 5 rings (SSSR count). The van der Waals surface area contributed by atoms with Crippen molar-refractivity contribution in [3.63, 3.8) is 0 Å². The van der Waals surface area contributed by atoms with Crippen LogP contribution in [-0.4, -0.2) is 27.0 Å². The highest BCUT2D eigenvalue weighted by Crippen LogP contribution is 2.35. The lowest BCUT2D eigenvalue weighted by atomic mass is 9.93. The van der Waals surface area contributed by atoms with Gasteiger partial charge in [0.2, 0.25) is 5.75 Å². The van der Waals surface area contributed by atoms with Crippen LogP contribution in [0.25, 0.3) is 6.08 Å². The van der Waals surface area contributed by atoms with E-state index in [-0.39, 0.29) is 29.2 Å². The standard InChI is InChI=1S/C32H28N4O8S/c1-5-43-31(38)28-19(4)33-32-34(29(28)22-11-9-21(10-12-22)18(2)3)30(37)27(45-32)16-20-7-6-8-24(15-20)44-26-14-13-23(35(39)40)17-25(26)36(41)42/h6-18,29H,5H2,1-4H3/b27-16-/t29-/m1/s1. The highest BCUT2D eigenvalue weighted by atomic mass is 32.1. The lowest BCUT2D eigenvalue weighted by Gasteiger charge is -2.25. The zero-order chi connectivity index (χ0) is 32.4. The summed E-state index contributed by atoms with van der Waals surface area (Å²) in [6, 6.07) is 16.7. The molecule has 1 atom stereocenters. The Balaban J connectivity index is 1.57. The summed E-state index contributed by atoms with van der Waals surface area (Å²) in [7, 11) is 0. The average Bonchev–Trinajstić information content (AvgIpc) is 3.30. The zero-order valence-electron chi connectivity index (χ0n) is 24.8. The summed E-state index contributed by atoms with van der Waals surface area (Å²) in [4.78, 5) is 53.2. The number of carbonyl (C=O) groups is 1. The van der Waals surface area contributed by atoms with Gasteiger partial charge in [0.25, 0.3) is 11.2 Å². The number of hydrogen-bond donors (Lipinski definition) is 0. The van der Waals surface area contributed by atoms with E-state index in [4.69, 9.17) is 9.47 Å². The van der Waals surface area contributed by atoms with Crippen molar-refractivity contribution in [3.8, 4) is 11.5 Å². The van der Waals surface area contributed by atoms with Gasteiger partial charge < -0.3 is 9.47 Å². The van der Waals surface area contributed by atoms with E-state index < -0.39 is 33.2 Å². The van der Waals surface area contributed by atoms with Crippen molar-refractivity contribution in [1.82, 2.24) is 4.57 Å². The van der Waals surface area contributed by atoms with Gasteiger partial charge in [-0.25, -0.2) is 9.79 Å². The second kappa shape index (κ2) is 12.7. The van der Waals surface area contributed by atoms with Crippen LogP contribution in [0.15, 0.2) is 87.8 Å². The molecule has 0 N–H and O–H groups in total. The molecule has 0 spiro atoms. The highest BCUT2D eigenvalue weighted by molar-refractivity contribution is 7.07. The fourth-order valence-electron chi connectivity index (χ4n) is 4.96. The van der Waals surface area contributed by atoms with Crippen LogP contribution in [0, 0.1) is 20.2 Å². The van der Waals surface area contributed by atoms with Crippen molar-refractivity contribution in [2.75, 3.05) is 6.61 Å². The SMILES string of the molecule is CCOC(=O)C1=C(C)N=c2s/c(=C\c3cccc(Oc4ccc([N+](=O)[O-])cc4[N+](=O)[O-])c3)c(=O)n2[C@@H]1c1ccc(C(C)C)cc1. The molecule has 0 fully saturated rings. The molecule has 12 nitrogen and oxygen atoms in total. The molecule has 45 heavy (non-hydrogen) atoms. The first-order valence-corrected chi connectivity index (χ1v) is 14.8. The minimum Gasteiger partial charge on any atom is -0.463 e. The van der Waals surface area contributed by atoms with E-state index in [1.807, 2.05) is 24.3 Å². The summed E-state index contributed by atoms with van der Waals surface area (Å²) >= 11 is 1.16. The molecular formula is C32H28N4O8S. The number of ether oxygens (including phenoxy) is 2. The van der Waals surface area contributed by atoms with E-state index in [9.17, 15) is 29.8 Å². The molecule has 3 aromatic carbocycles. The van der Waals surface area contributed by atoms with Gasteiger partial charge in [0.1, 0.15) is 5.75 Å². The number of fused-ring (bicyclic) bond motifs is 1. The predicted octanol–water partition coefficient (Wildman–Crippen LogP) is 5.53. The Kier molecular flexibility index (Phi) is 8.73. The van der Waals surface area contributed by atoms with Crippen molar-refractivity contribution >= 4 is 34.8 Å². The molecular weight excluding hydrogens is 600 g/mol. The van der Waals surface area contributed by atoms with Gasteiger partial charge in [0.15, 0.2) is 4.80 Å². The van der Waals surface area contributed by atoms with E-state index in [0.717, 1.165) is 40.7 Å². The summed E-state index contributed by atoms with van der Waals surface area (Å²) in [5, 5.41) is 22.6. The summed E-state index contributed by atoms with van der Waals surface area (Å²) in [6.45, 7) is 7.77. The molecule has 230 valence electrons. The fraction of sp³-hybridized carbons (Fsp3) is 0.219. The van der Waals surface area contributed by atoms with Crippen LogP contribution in [0.1, 0.15) is 56.3 Å². The van der Waals surface area contributed by atoms with Crippen LogP contribution >= 0.6 is 11.3 Å². The lowest BCUT2D eigenvalue weighted by molar-refractivity contribution is -0.394. The summed E-state index contributed by atoms with van der Waals surface area (Å²) in [5.41, 5.74) is 1.80. The Hall–Kier alpha value is -5.43. The molecule has 0 amide bonds. The Morgan fingerprint density at radius 3 is 2.44 bits per heavy atom. The topological polar surface area (TPSA) is 156 Å². The van der Waals surface area contributed by atoms with Crippen LogP contribution in [0.3, 0.4) is 0 Å². The largest absolute Gasteiger partial charge is 0.463 e. The molecule has 0 bridgehead atoms. The number of aromatic nitrogens is 1. The third-order valence-electron chi connectivity index (χ3n) is 7.17.